The van der Waals surface area contributed by atoms with Crippen molar-refractivity contribution in [2.45, 2.75) is 18.9 Å². The van der Waals surface area contributed by atoms with Crippen molar-refractivity contribution in [1.29, 1.82) is 0 Å². The summed E-state index contributed by atoms with van der Waals surface area (Å²) in [7, 11) is 0. The molecule has 3 N–H and O–H groups in total. The van der Waals surface area contributed by atoms with E-state index in [9.17, 15) is 14.4 Å². The number of cyclic esters (lactones) is 1. The zero-order chi connectivity index (χ0) is 19.5. The first kappa shape index (κ1) is 17.8. The topological polar surface area (TPSA) is 99.8 Å². The lowest BCUT2D eigenvalue weighted by Gasteiger charge is -2.14. The van der Waals surface area contributed by atoms with Gasteiger partial charge in [-0.05, 0) is 55.3 Å². The quantitative estimate of drug-likeness (QED) is 0.742. The van der Waals surface area contributed by atoms with E-state index >= 15 is 0 Å². The van der Waals surface area contributed by atoms with Crippen molar-refractivity contribution in [2.75, 3.05) is 28.7 Å². The molecular formula is C20H20N4O4. The lowest BCUT2D eigenvalue weighted by molar-refractivity contribution is 0.102. The Morgan fingerprint density at radius 3 is 2.46 bits per heavy atom. The number of anilines is 3. The van der Waals surface area contributed by atoms with Crippen molar-refractivity contribution in [3.05, 3.63) is 54.1 Å². The molecule has 0 aromatic heterocycles. The third kappa shape index (κ3) is 4.22. The summed E-state index contributed by atoms with van der Waals surface area (Å²) in [6.07, 6.45) is 1.65. The summed E-state index contributed by atoms with van der Waals surface area (Å²) in [5.74, 6) is -0.282. The van der Waals surface area contributed by atoms with E-state index in [1.165, 1.54) is 4.90 Å². The molecule has 0 unspecified atom stereocenters. The summed E-state index contributed by atoms with van der Waals surface area (Å²) < 4.78 is 4.94. The van der Waals surface area contributed by atoms with E-state index in [1.807, 2.05) is 0 Å². The van der Waals surface area contributed by atoms with Gasteiger partial charge in [-0.3, -0.25) is 9.69 Å². The van der Waals surface area contributed by atoms with E-state index in [2.05, 4.69) is 16.0 Å². The molecular weight excluding hydrogens is 360 g/mol. The summed E-state index contributed by atoms with van der Waals surface area (Å²) in [6.45, 7) is 0.841. The third-order valence-electron chi connectivity index (χ3n) is 4.49. The van der Waals surface area contributed by atoms with E-state index in [0.29, 0.717) is 35.8 Å². The van der Waals surface area contributed by atoms with Gasteiger partial charge in [0.1, 0.15) is 6.61 Å². The summed E-state index contributed by atoms with van der Waals surface area (Å²) in [6, 6.07) is 13.7. The number of nitrogens with zero attached hydrogens (tertiary/aromatic N) is 1. The highest BCUT2D eigenvalue weighted by Crippen LogP contribution is 2.23. The second kappa shape index (κ2) is 7.59. The number of carbonyl (C=O) groups excluding carboxylic acids is 3. The van der Waals surface area contributed by atoms with Crippen LogP contribution in [0.4, 0.5) is 26.7 Å². The van der Waals surface area contributed by atoms with Crippen LogP contribution in [0.25, 0.3) is 0 Å². The second-order valence-corrected chi connectivity index (χ2v) is 6.72. The van der Waals surface area contributed by atoms with Gasteiger partial charge in [0.25, 0.3) is 5.91 Å². The van der Waals surface area contributed by atoms with E-state index in [-0.39, 0.29) is 18.0 Å². The molecule has 0 atom stereocenters. The Hall–Kier alpha value is -3.55. The van der Waals surface area contributed by atoms with Gasteiger partial charge < -0.3 is 20.7 Å². The highest BCUT2D eigenvalue weighted by molar-refractivity contribution is 6.05. The number of urea groups is 1. The minimum atomic E-state index is -0.391. The minimum Gasteiger partial charge on any atom is -0.447 e. The summed E-state index contributed by atoms with van der Waals surface area (Å²) >= 11 is 0. The molecule has 1 saturated carbocycles. The molecule has 0 spiro atoms. The SMILES string of the molecule is O=C(Nc1ccc(C(=O)Nc2cccc(N3CCOC3=O)c2)cc1)NC1CC1. The number of benzene rings is 2. The second-order valence-electron chi connectivity index (χ2n) is 6.72. The average molecular weight is 380 g/mol. The first-order valence-electron chi connectivity index (χ1n) is 9.12. The van der Waals surface area contributed by atoms with Crippen LogP contribution < -0.4 is 20.9 Å². The van der Waals surface area contributed by atoms with Crippen LogP contribution in [0.2, 0.25) is 0 Å². The van der Waals surface area contributed by atoms with Crippen molar-refractivity contribution < 1.29 is 19.1 Å². The molecule has 4 amide bonds. The number of amides is 4. The molecule has 1 heterocycles. The van der Waals surface area contributed by atoms with Crippen LogP contribution in [0.5, 0.6) is 0 Å². The summed E-state index contributed by atoms with van der Waals surface area (Å²) in [5, 5.41) is 8.39. The molecule has 2 aromatic rings. The van der Waals surface area contributed by atoms with Crippen molar-refractivity contribution in [1.82, 2.24) is 5.32 Å². The molecule has 4 rings (SSSR count). The molecule has 0 bridgehead atoms. The zero-order valence-electron chi connectivity index (χ0n) is 15.1. The van der Waals surface area contributed by atoms with Crippen LogP contribution in [0, 0.1) is 0 Å². The van der Waals surface area contributed by atoms with Crippen molar-refractivity contribution in [3.63, 3.8) is 0 Å². The molecule has 8 nitrogen and oxygen atoms in total. The van der Waals surface area contributed by atoms with Gasteiger partial charge in [0.2, 0.25) is 0 Å². The van der Waals surface area contributed by atoms with Crippen molar-refractivity contribution in [3.8, 4) is 0 Å². The maximum atomic E-state index is 12.5. The molecule has 0 radical (unpaired) electrons. The number of carbonyl (C=O) groups is 3. The van der Waals surface area contributed by atoms with Crippen LogP contribution in [-0.4, -0.2) is 37.2 Å². The molecule has 28 heavy (non-hydrogen) atoms. The van der Waals surface area contributed by atoms with Gasteiger partial charge >= 0.3 is 12.1 Å². The normalized spacial score (nSPS) is 15.7. The predicted molar refractivity (Wildman–Crippen MR) is 105 cm³/mol. The fraction of sp³-hybridized carbons (Fsp3) is 0.250. The molecule has 8 heteroatoms. The van der Waals surface area contributed by atoms with Crippen LogP contribution in [-0.2, 0) is 4.74 Å². The number of nitrogens with one attached hydrogen (secondary N) is 3. The number of rotatable bonds is 5. The van der Waals surface area contributed by atoms with Gasteiger partial charge in [-0.2, -0.15) is 0 Å². The summed E-state index contributed by atoms with van der Waals surface area (Å²) in [4.78, 5) is 37.4. The molecule has 2 aromatic carbocycles. The molecule has 1 saturated heterocycles. The van der Waals surface area contributed by atoms with Gasteiger partial charge in [0, 0.05) is 28.7 Å². The fourth-order valence-corrected chi connectivity index (χ4v) is 2.87. The van der Waals surface area contributed by atoms with Crippen LogP contribution in [0.1, 0.15) is 23.2 Å². The van der Waals surface area contributed by atoms with Gasteiger partial charge in [-0.15, -0.1) is 0 Å². The molecule has 2 aliphatic rings. The molecule has 2 fully saturated rings. The lowest BCUT2D eigenvalue weighted by atomic mass is 10.2. The Morgan fingerprint density at radius 2 is 1.79 bits per heavy atom. The Balaban J connectivity index is 1.38. The van der Waals surface area contributed by atoms with E-state index in [0.717, 1.165) is 12.8 Å². The van der Waals surface area contributed by atoms with Gasteiger partial charge in [0.05, 0.1) is 6.54 Å². The van der Waals surface area contributed by atoms with E-state index in [4.69, 9.17) is 4.74 Å². The minimum absolute atomic E-state index is 0.239. The first-order valence-corrected chi connectivity index (χ1v) is 9.12. The molecule has 144 valence electrons. The van der Waals surface area contributed by atoms with Crippen LogP contribution in [0.3, 0.4) is 0 Å². The predicted octanol–water partition coefficient (Wildman–Crippen LogP) is 3.18. The van der Waals surface area contributed by atoms with Crippen LogP contribution >= 0.6 is 0 Å². The molecule has 1 aliphatic carbocycles. The highest BCUT2D eigenvalue weighted by atomic mass is 16.6. The lowest BCUT2D eigenvalue weighted by Crippen LogP contribution is -2.30. The average Bonchev–Trinajstić information content (AvgIpc) is 3.39. The van der Waals surface area contributed by atoms with Crippen LogP contribution in [0.15, 0.2) is 48.5 Å². The van der Waals surface area contributed by atoms with Gasteiger partial charge in [0.15, 0.2) is 0 Å². The Bertz CT molecular complexity index is 909. The number of hydrogen-bond donors (Lipinski definition) is 3. The largest absolute Gasteiger partial charge is 0.447 e. The number of ether oxygens (including phenoxy) is 1. The number of hydrogen-bond acceptors (Lipinski definition) is 4. The Kier molecular flexibility index (Phi) is 4.84. The highest BCUT2D eigenvalue weighted by Gasteiger charge is 2.24. The standard InChI is InChI=1S/C20H20N4O4/c25-18(13-4-6-14(7-5-13)22-19(26)23-15-8-9-15)21-16-2-1-3-17(12-16)24-10-11-28-20(24)27/h1-7,12,15H,8-11H2,(H,21,25)(H2,22,23,26). The monoisotopic (exact) mass is 380 g/mol. The third-order valence-corrected chi connectivity index (χ3v) is 4.49. The summed E-state index contributed by atoms with van der Waals surface area (Å²) in [5.41, 5.74) is 2.32. The maximum absolute atomic E-state index is 12.5. The van der Waals surface area contributed by atoms with Crippen molar-refractivity contribution in [2.24, 2.45) is 0 Å². The zero-order valence-corrected chi connectivity index (χ0v) is 15.1. The first-order chi connectivity index (χ1) is 13.6. The fourth-order valence-electron chi connectivity index (χ4n) is 2.87. The Labute approximate surface area is 161 Å². The Morgan fingerprint density at radius 1 is 1.00 bits per heavy atom. The molecule has 1 aliphatic heterocycles. The maximum Gasteiger partial charge on any atom is 0.414 e. The van der Waals surface area contributed by atoms with E-state index in [1.54, 1.807) is 48.5 Å². The van der Waals surface area contributed by atoms with Gasteiger partial charge in [-0.1, -0.05) is 6.07 Å². The van der Waals surface area contributed by atoms with Gasteiger partial charge in [-0.25, -0.2) is 9.59 Å². The van der Waals surface area contributed by atoms with E-state index < -0.39 is 6.09 Å². The van der Waals surface area contributed by atoms with Crippen molar-refractivity contribution >= 4 is 35.1 Å². The smallest absolute Gasteiger partial charge is 0.414 e.